The average molecular weight is 436 g/mol. The highest BCUT2D eigenvalue weighted by atomic mass is 19.2. The van der Waals surface area contributed by atoms with E-state index in [-0.39, 0.29) is 22.6 Å². The van der Waals surface area contributed by atoms with Gasteiger partial charge in [-0.3, -0.25) is 0 Å². The Morgan fingerprint density at radius 2 is 1.38 bits per heavy atom. The van der Waals surface area contributed by atoms with Crippen LogP contribution in [0.1, 0.15) is 12.0 Å². The molecule has 1 N–H and O–H groups in total. The topological polar surface area (TPSA) is 29.5 Å². The van der Waals surface area contributed by atoms with Gasteiger partial charge in [-0.05, 0) is 47.7 Å². The van der Waals surface area contributed by atoms with E-state index in [1.807, 2.05) is 12.1 Å². The molecule has 0 amide bonds. The highest BCUT2D eigenvalue weighted by molar-refractivity contribution is 5.72. The number of benzene rings is 3. The van der Waals surface area contributed by atoms with Gasteiger partial charge in [0.25, 0.3) is 0 Å². The lowest BCUT2D eigenvalue weighted by Crippen LogP contribution is -1.94. The second-order valence-corrected chi connectivity index (χ2v) is 7.31. The van der Waals surface area contributed by atoms with Crippen LogP contribution in [0.3, 0.4) is 0 Å². The molecule has 3 aromatic carbocycles. The van der Waals surface area contributed by atoms with Crippen LogP contribution in [0.4, 0.5) is 13.2 Å². The van der Waals surface area contributed by atoms with Crippen molar-refractivity contribution >= 4 is 0 Å². The van der Waals surface area contributed by atoms with E-state index >= 15 is 0 Å². The quantitative estimate of drug-likeness (QED) is 0.292. The molecule has 0 bridgehead atoms. The molecule has 32 heavy (non-hydrogen) atoms. The Bertz CT molecular complexity index is 1160. The maximum Gasteiger partial charge on any atom is 0.167 e. The third-order valence-corrected chi connectivity index (χ3v) is 5.10. The molecular weight excluding hydrogens is 413 g/mol. The number of hydrogen-bond donors (Lipinski definition) is 1. The number of halogens is 3. The van der Waals surface area contributed by atoms with Crippen LogP contribution in [-0.2, 0) is 11.2 Å². The standard InChI is InChI=1S/C27H23F3O2/c1-17(16-25(28)18(2)32-3)4-5-19-6-8-20(9-7-19)23-14-15-24(27(30)26(23)29)21-10-12-22(31)13-11-21/h6-16,31H,1-2,4-5H2,3H3/b25-16+. The summed E-state index contributed by atoms with van der Waals surface area (Å²) in [6.45, 7) is 7.28. The summed E-state index contributed by atoms with van der Waals surface area (Å²) in [5.74, 6) is -2.45. The van der Waals surface area contributed by atoms with Crippen LogP contribution in [-0.4, -0.2) is 12.2 Å². The molecule has 0 unspecified atom stereocenters. The van der Waals surface area contributed by atoms with Gasteiger partial charge in [0.1, 0.15) is 11.5 Å². The minimum absolute atomic E-state index is 0.0523. The Balaban J connectivity index is 1.73. The molecule has 0 aliphatic heterocycles. The lowest BCUT2D eigenvalue weighted by atomic mass is 9.97. The van der Waals surface area contributed by atoms with E-state index in [0.29, 0.717) is 29.5 Å². The van der Waals surface area contributed by atoms with Gasteiger partial charge in [-0.1, -0.05) is 67.3 Å². The van der Waals surface area contributed by atoms with Crippen molar-refractivity contribution in [2.45, 2.75) is 12.8 Å². The zero-order chi connectivity index (χ0) is 23.3. The number of methoxy groups -OCH3 is 1. The van der Waals surface area contributed by atoms with Crippen molar-refractivity contribution in [2.24, 2.45) is 0 Å². The molecule has 0 spiro atoms. The molecule has 0 aliphatic rings. The first-order valence-corrected chi connectivity index (χ1v) is 9.95. The lowest BCUT2D eigenvalue weighted by molar-refractivity contribution is 0.285. The van der Waals surface area contributed by atoms with Gasteiger partial charge in [-0.15, -0.1) is 0 Å². The molecule has 0 heterocycles. The van der Waals surface area contributed by atoms with Crippen molar-refractivity contribution in [3.8, 4) is 28.0 Å². The van der Waals surface area contributed by atoms with Crippen LogP contribution >= 0.6 is 0 Å². The van der Waals surface area contributed by atoms with Crippen molar-refractivity contribution in [1.82, 2.24) is 0 Å². The summed E-state index contributed by atoms with van der Waals surface area (Å²) in [5, 5.41) is 9.38. The van der Waals surface area contributed by atoms with Crippen LogP contribution in [0.5, 0.6) is 5.75 Å². The van der Waals surface area contributed by atoms with E-state index in [2.05, 4.69) is 13.2 Å². The molecule has 164 valence electrons. The summed E-state index contributed by atoms with van der Waals surface area (Å²) in [4.78, 5) is 0. The third-order valence-electron chi connectivity index (χ3n) is 5.10. The fourth-order valence-electron chi connectivity index (χ4n) is 3.22. The largest absolute Gasteiger partial charge is 0.508 e. The highest BCUT2D eigenvalue weighted by Crippen LogP contribution is 2.32. The number of phenolic OH excluding ortho intramolecular Hbond substituents is 1. The van der Waals surface area contributed by atoms with E-state index in [4.69, 9.17) is 4.74 Å². The monoisotopic (exact) mass is 436 g/mol. The molecule has 2 nitrogen and oxygen atoms in total. The molecule has 0 aromatic heterocycles. The van der Waals surface area contributed by atoms with Gasteiger partial charge >= 0.3 is 0 Å². The summed E-state index contributed by atoms with van der Waals surface area (Å²) < 4.78 is 48.0. The zero-order valence-corrected chi connectivity index (χ0v) is 17.7. The van der Waals surface area contributed by atoms with Crippen molar-refractivity contribution in [1.29, 1.82) is 0 Å². The van der Waals surface area contributed by atoms with Crippen LogP contribution in [0.15, 0.2) is 97.1 Å². The average Bonchev–Trinajstić information content (AvgIpc) is 2.80. The number of rotatable bonds is 8. The fourth-order valence-corrected chi connectivity index (χ4v) is 3.22. The number of phenols is 1. The number of aryl methyl sites for hydroxylation is 1. The smallest absolute Gasteiger partial charge is 0.167 e. The van der Waals surface area contributed by atoms with E-state index in [0.717, 1.165) is 5.56 Å². The van der Waals surface area contributed by atoms with E-state index < -0.39 is 17.5 Å². The Kier molecular flexibility index (Phi) is 7.21. The molecule has 3 rings (SSSR count). The van der Waals surface area contributed by atoms with Gasteiger partial charge in [-0.25, -0.2) is 13.2 Å². The number of allylic oxidation sites excluding steroid dienone is 3. The maximum atomic E-state index is 14.8. The van der Waals surface area contributed by atoms with E-state index in [9.17, 15) is 18.3 Å². The minimum Gasteiger partial charge on any atom is -0.508 e. The lowest BCUT2D eigenvalue weighted by Gasteiger charge is -2.10. The normalized spacial score (nSPS) is 11.3. The molecule has 0 radical (unpaired) electrons. The van der Waals surface area contributed by atoms with E-state index in [1.54, 1.807) is 12.1 Å². The third kappa shape index (κ3) is 5.30. The van der Waals surface area contributed by atoms with Crippen LogP contribution in [0, 0.1) is 11.6 Å². The number of hydrogen-bond acceptors (Lipinski definition) is 2. The SMILES string of the molecule is C=C(/C=C(/F)C(=C)OC)CCc1ccc(-c2ccc(-c3ccc(O)cc3)c(F)c2F)cc1. The molecule has 0 atom stereocenters. The molecule has 5 heteroatoms. The van der Waals surface area contributed by atoms with Crippen molar-refractivity contribution in [2.75, 3.05) is 7.11 Å². The first-order valence-electron chi connectivity index (χ1n) is 9.95. The van der Waals surface area contributed by atoms with Crippen molar-refractivity contribution < 1.29 is 23.0 Å². The van der Waals surface area contributed by atoms with Crippen LogP contribution in [0.2, 0.25) is 0 Å². The summed E-state index contributed by atoms with van der Waals surface area (Å²) in [6.07, 6.45) is 2.42. The second kappa shape index (κ2) is 10.1. The van der Waals surface area contributed by atoms with E-state index in [1.165, 1.54) is 49.6 Å². The number of aromatic hydroxyl groups is 1. The Labute approximate surface area is 185 Å². The molecule has 0 aliphatic carbocycles. The van der Waals surface area contributed by atoms with Gasteiger partial charge in [0.2, 0.25) is 0 Å². The van der Waals surface area contributed by atoms with Gasteiger partial charge in [0.15, 0.2) is 17.5 Å². The molecule has 0 saturated heterocycles. The Morgan fingerprint density at radius 1 is 0.875 bits per heavy atom. The van der Waals surface area contributed by atoms with Gasteiger partial charge in [0, 0.05) is 11.1 Å². The van der Waals surface area contributed by atoms with Crippen molar-refractivity contribution in [3.05, 3.63) is 114 Å². The summed E-state index contributed by atoms with van der Waals surface area (Å²) in [7, 11) is 1.34. The van der Waals surface area contributed by atoms with Gasteiger partial charge in [-0.2, -0.15) is 0 Å². The number of ether oxygens (including phenoxy) is 1. The first-order chi connectivity index (χ1) is 15.3. The fraction of sp³-hybridized carbons (Fsp3) is 0.111. The zero-order valence-electron chi connectivity index (χ0n) is 17.7. The minimum atomic E-state index is -0.944. The van der Waals surface area contributed by atoms with Gasteiger partial charge < -0.3 is 9.84 Å². The summed E-state index contributed by atoms with van der Waals surface area (Å²) >= 11 is 0. The maximum absolute atomic E-state index is 14.8. The highest BCUT2D eigenvalue weighted by Gasteiger charge is 2.16. The summed E-state index contributed by atoms with van der Waals surface area (Å²) in [6, 6.07) is 16.0. The predicted octanol–water partition coefficient (Wildman–Crippen LogP) is 7.51. The van der Waals surface area contributed by atoms with Crippen LogP contribution < -0.4 is 0 Å². The summed E-state index contributed by atoms with van der Waals surface area (Å²) in [5.41, 5.74) is 2.84. The molecule has 0 fully saturated rings. The van der Waals surface area contributed by atoms with Crippen molar-refractivity contribution in [3.63, 3.8) is 0 Å². The molecular formula is C27H23F3O2. The van der Waals surface area contributed by atoms with Crippen LogP contribution in [0.25, 0.3) is 22.3 Å². The first kappa shape index (κ1) is 22.9. The second-order valence-electron chi connectivity index (χ2n) is 7.31. The Morgan fingerprint density at radius 3 is 1.88 bits per heavy atom. The van der Waals surface area contributed by atoms with Gasteiger partial charge in [0.05, 0.1) is 7.11 Å². The predicted molar refractivity (Wildman–Crippen MR) is 122 cm³/mol. The molecule has 0 saturated carbocycles. The molecule has 3 aromatic rings. The Hall–Kier alpha value is -3.73.